The van der Waals surface area contributed by atoms with Crippen LogP contribution in [0.1, 0.15) is 181 Å². The monoisotopic (exact) mass is 1370 g/mol. The molecule has 13 aromatic rings. The predicted octanol–water partition coefficient (Wildman–Crippen LogP) is 21.7. The molecule has 2 aromatic heterocycles. The van der Waals surface area contributed by atoms with Gasteiger partial charge in [-0.05, 0) is 10.8 Å². The van der Waals surface area contributed by atoms with Gasteiger partial charge in [0, 0.05) is 0 Å². The second-order valence-electron chi connectivity index (χ2n) is 32.8. The van der Waals surface area contributed by atoms with E-state index in [1.807, 2.05) is 0 Å². The van der Waals surface area contributed by atoms with Crippen LogP contribution in [0.5, 0.6) is 0 Å². The van der Waals surface area contributed by atoms with Crippen molar-refractivity contribution in [1.29, 1.82) is 0 Å². The third kappa shape index (κ3) is 10.7. The van der Waals surface area contributed by atoms with Crippen LogP contribution in [0.3, 0.4) is 0 Å². The van der Waals surface area contributed by atoms with Crippen molar-refractivity contribution in [2.24, 2.45) is 0 Å². The first-order valence-electron chi connectivity index (χ1n) is 35.2. The molecular weight excluding hydrogens is 1270 g/mol. The minimum absolute atomic E-state index is 0.00384. The van der Waals surface area contributed by atoms with Crippen molar-refractivity contribution in [3.8, 4) is 44.8 Å². The topological polar surface area (TPSA) is 13.1 Å². The van der Waals surface area contributed by atoms with Crippen molar-refractivity contribution in [2.75, 3.05) is 4.90 Å². The molecule has 5 heteroatoms. The van der Waals surface area contributed by atoms with Gasteiger partial charge in [-0.3, -0.25) is 0 Å². The van der Waals surface area contributed by atoms with E-state index < -0.39 is 20.9 Å². The van der Waals surface area contributed by atoms with Crippen LogP contribution >= 0.6 is 0 Å². The van der Waals surface area contributed by atoms with Crippen LogP contribution in [-0.2, 0) is 21.7 Å². The molecule has 4 heterocycles. The fourth-order valence-corrected chi connectivity index (χ4v) is 19.2. The van der Waals surface area contributed by atoms with Crippen LogP contribution in [0.4, 0.5) is 17.1 Å². The molecule has 0 aliphatic carbocycles. The number of anilines is 3. The van der Waals surface area contributed by atoms with E-state index in [0.29, 0.717) is 17.8 Å². The summed E-state index contributed by atoms with van der Waals surface area (Å²) in [6.45, 7) is 42.4. The Hall–Kier alpha value is -8.33. The number of hydrogen-bond acceptors (Lipinski definition) is 1. The van der Waals surface area contributed by atoms with E-state index in [-0.39, 0.29) is 28.4 Å². The maximum absolute atomic E-state index is 2.76. The van der Waals surface area contributed by atoms with Crippen LogP contribution < -0.4 is 28.5 Å². The van der Waals surface area contributed by atoms with Gasteiger partial charge in [0.2, 0.25) is 0 Å². The van der Waals surface area contributed by atoms with E-state index in [0.717, 1.165) is 5.69 Å². The molecule has 3 nitrogen and oxygen atoms in total. The molecule has 0 spiro atoms. The third-order valence-electron chi connectivity index (χ3n) is 21.1. The van der Waals surface area contributed by atoms with Gasteiger partial charge in [0.15, 0.2) is 0 Å². The molecule has 15 rings (SSSR count). The molecule has 0 fully saturated rings. The van der Waals surface area contributed by atoms with Crippen molar-refractivity contribution in [3.05, 3.63) is 251 Å². The second-order valence-corrected chi connectivity index (χ2v) is 35.9. The van der Waals surface area contributed by atoms with Crippen LogP contribution in [0.15, 0.2) is 212 Å². The van der Waals surface area contributed by atoms with Crippen LogP contribution in [0.25, 0.3) is 88.4 Å². The third-order valence-corrected chi connectivity index (χ3v) is 24.3. The number of aromatic nitrogens is 2. The van der Waals surface area contributed by atoms with Crippen molar-refractivity contribution in [3.63, 3.8) is 0 Å². The summed E-state index contributed by atoms with van der Waals surface area (Å²) in [6.07, 6.45) is 0. The molecule has 0 N–H and O–H groups in total. The summed E-state index contributed by atoms with van der Waals surface area (Å²) >= 11 is -1.06. The average molecular weight is 1370 g/mol. The van der Waals surface area contributed by atoms with E-state index in [9.17, 15) is 0 Å². The molecule has 2 aliphatic heterocycles. The van der Waals surface area contributed by atoms with Gasteiger partial charge in [-0.2, -0.15) is 0 Å². The Morgan fingerprint density at radius 2 is 0.760 bits per heavy atom. The van der Waals surface area contributed by atoms with E-state index in [2.05, 4.69) is 351 Å². The summed E-state index contributed by atoms with van der Waals surface area (Å²) in [5.41, 5.74) is 32.3. The summed E-state index contributed by atoms with van der Waals surface area (Å²) in [4.78, 5) is 2.76. The van der Waals surface area contributed by atoms with Gasteiger partial charge in [-0.25, -0.2) is 0 Å². The second kappa shape index (κ2) is 23.2. The Labute approximate surface area is 581 Å². The summed E-state index contributed by atoms with van der Waals surface area (Å²) in [6, 6.07) is 84.2. The van der Waals surface area contributed by atoms with Crippen LogP contribution in [0.2, 0.25) is 0 Å². The van der Waals surface area contributed by atoms with E-state index >= 15 is 0 Å². The molecule has 2 aliphatic rings. The molecule has 0 amide bonds. The number of rotatable bonds is 9. The van der Waals surface area contributed by atoms with Crippen LogP contribution in [0, 0.1) is 0 Å². The summed E-state index contributed by atoms with van der Waals surface area (Å²) in [5.74, 6) is 0.999. The molecule has 480 valence electrons. The quantitative estimate of drug-likeness (QED) is 0.131. The summed E-state index contributed by atoms with van der Waals surface area (Å²) < 4.78 is 8.18. The van der Waals surface area contributed by atoms with E-state index in [1.54, 1.807) is 0 Å². The van der Waals surface area contributed by atoms with Gasteiger partial charge in [0.1, 0.15) is 0 Å². The van der Waals surface area contributed by atoms with Gasteiger partial charge in [0.05, 0.1) is 0 Å². The fourth-order valence-electron chi connectivity index (χ4n) is 15.6. The molecule has 0 bridgehead atoms. The molecule has 0 radical (unpaired) electrons. The number of fused-ring (bicyclic) bond motifs is 10. The Morgan fingerprint density at radius 3 is 1.17 bits per heavy atom. The Morgan fingerprint density at radius 1 is 0.344 bits per heavy atom. The van der Waals surface area contributed by atoms with Crippen LogP contribution in [-0.4, -0.2) is 36.8 Å². The first kappa shape index (κ1) is 63.7. The van der Waals surface area contributed by atoms with Gasteiger partial charge in [0.25, 0.3) is 0 Å². The Kier molecular flexibility index (Phi) is 15.4. The first-order valence-corrected chi connectivity index (χ1v) is 37.5. The summed E-state index contributed by atoms with van der Waals surface area (Å²) in [5, 5.41) is 5.22. The van der Waals surface area contributed by atoms with Crippen molar-refractivity contribution in [1.82, 2.24) is 9.13 Å². The number of benzene rings is 11. The minimum atomic E-state index is -1.06. The molecule has 0 atom stereocenters. The van der Waals surface area contributed by atoms with E-state index in [1.165, 1.54) is 162 Å². The van der Waals surface area contributed by atoms with Crippen molar-refractivity contribution < 1.29 is 0 Å². The number of hydrogen-bond donors (Lipinski definition) is 0. The number of para-hydroxylation sites is 1. The molecule has 0 saturated heterocycles. The molecular formula is C91H92BN3Te. The standard InChI is InChI=1S/C91H92BN3Te/c1-54(2)59-44-69(55(3)4)85(70(45-59)56(5)6)60-46-82-86-84(47-60)96-83-53-66(94-79-42-34-63(90(13,14)15)50-73(79)74-51-64(91(16,17)18)35-43-80(74)94)37-39-76(83)92(86)75-38-36-65(93-77-40-32-61(88(7,8)9)48-71(77)72-49-62(89(10,11)12)33-41-78(72)93)52-81(75)95(82)87-67(57-26-21-19-22-27-57)30-25-31-68(87)58-28-23-20-24-29-58/h19-56H,1-18H3. The van der Waals surface area contributed by atoms with Crippen molar-refractivity contribution in [2.45, 2.75) is 164 Å². The van der Waals surface area contributed by atoms with Crippen molar-refractivity contribution >= 4 is 112 Å². The zero-order chi connectivity index (χ0) is 67.4. The summed E-state index contributed by atoms with van der Waals surface area (Å²) in [7, 11) is 0. The maximum atomic E-state index is 2.76. The predicted molar refractivity (Wildman–Crippen MR) is 419 cm³/mol. The van der Waals surface area contributed by atoms with Gasteiger partial charge in [-0.1, -0.05) is 41.5 Å². The molecule has 96 heavy (non-hydrogen) atoms. The molecule has 0 unspecified atom stereocenters. The first-order chi connectivity index (χ1) is 45.6. The van der Waals surface area contributed by atoms with Gasteiger partial charge < -0.3 is 0 Å². The van der Waals surface area contributed by atoms with Gasteiger partial charge >= 0.3 is 534 Å². The SMILES string of the molecule is CC(C)c1cc(C(C)C)c(-c2cc3c4c(c2)N(c2c(-c5ccccc5)cccc2-c2ccccc2)c2cc(-n5c6ccc(C(C)(C)C)cc6c6cc(C(C)(C)C)ccc65)ccc2B4c2ccc(-n4c5ccc(C(C)(C)C)cc5c5cc(C(C)(C)C)ccc54)cc2[Te]3)c(C(C)C)c1. The molecule has 11 aromatic carbocycles. The zero-order valence-corrected chi connectivity index (χ0v) is 62.1. The number of nitrogens with zero attached hydrogens (tertiary/aromatic N) is 3. The fraction of sp³-hybridized carbons (Fsp3) is 0.275. The molecule has 0 saturated carbocycles. The normalized spacial score (nSPS) is 13.5. The Balaban J connectivity index is 1.07. The van der Waals surface area contributed by atoms with Gasteiger partial charge in [-0.15, -0.1) is 0 Å². The average Bonchev–Trinajstić information content (AvgIpc) is 0.705. The zero-order valence-electron chi connectivity index (χ0n) is 59.8. The Bertz CT molecular complexity index is 5050. The van der Waals surface area contributed by atoms with E-state index in [4.69, 9.17) is 0 Å².